The SMILES string of the molecule is CC1CCC(NC(=O)c2ccc(N)cc2Cl)C(C)C1. The van der Waals surface area contributed by atoms with Gasteiger partial charge in [-0.05, 0) is 49.3 Å². The predicted molar refractivity (Wildman–Crippen MR) is 79.3 cm³/mol. The normalized spacial score (nSPS) is 27.0. The van der Waals surface area contributed by atoms with Gasteiger partial charge in [-0.3, -0.25) is 4.79 Å². The van der Waals surface area contributed by atoms with E-state index in [1.54, 1.807) is 18.2 Å². The minimum atomic E-state index is -0.101. The Morgan fingerprint density at radius 3 is 2.74 bits per heavy atom. The molecule has 1 saturated carbocycles. The van der Waals surface area contributed by atoms with E-state index in [-0.39, 0.29) is 11.9 Å². The van der Waals surface area contributed by atoms with Crippen LogP contribution in [0.4, 0.5) is 5.69 Å². The van der Waals surface area contributed by atoms with Crippen molar-refractivity contribution in [2.75, 3.05) is 5.73 Å². The second-order valence-corrected chi connectivity index (χ2v) is 6.12. The van der Waals surface area contributed by atoms with Gasteiger partial charge in [-0.25, -0.2) is 0 Å². The van der Waals surface area contributed by atoms with E-state index in [1.807, 2.05) is 0 Å². The van der Waals surface area contributed by atoms with Crippen molar-refractivity contribution in [3.8, 4) is 0 Å². The van der Waals surface area contributed by atoms with E-state index in [0.717, 1.165) is 12.3 Å². The summed E-state index contributed by atoms with van der Waals surface area (Å²) in [6.07, 6.45) is 3.38. The van der Waals surface area contributed by atoms with Crippen LogP contribution in [-0.4, -0.2) is 11.9 Å². The highest BCUT2D eigenvalue weighted by molar-refractivity contribution is 6.34. The summed E-state index contributed by atoms with van der Waals surface area (Å²) >= 11 is 6.06. The fourth-order valence-electron chi connectivity index (χ4n) is 2.84. The van der Waals surface area contributed by atoms with Gasteiger partial charge in [0.05, 0.1) is 10.6 Å². The Bertz CT molecular complexity index is 475. The molecule has 1 aliphatic rings. The molecule has 0 radical (unpaired) electrons. The first-order chi connectivity index (χ1) is 8.97. The first-order valence-electron chi connectivity index (χ1n) is 6.83. The van der Waals surface area contributed by atoms with Gasteiger partial charge >= 0.3 is 0 Å². The standard InChI is InChI=1S/C15H21ClN2O/c1-9-3-6-14(10(2)7-9)18-15(19)12-5-4-11(17)8-13(12)16/h4-5,8-10,14H,3,6-7,17H2,1-2H3,(H,18,19). The topological polar surface area (TPSA) is 55.1 Å². The van der Waals surface area contributed by atoms with Crippen LogP contribution >= 0.6 is 11.6 Å². The summed E-state index contributed by atoms with van der Waals surface area (Å²) in [5.74, 6) is 1.17. The van der Waals surface area contributed by atoms with Crippen LogP contribution < -0.4 is 11.1 Å². The second-order valence-electron chi connectivity index (χ2n) is 5.71. The number of amides is 1. The molecule has 0 aromatic heterocycles. The highest BCUT2D eigenvalue weighted by Crippen LogP contribution is 2.29. The number of benzene rings is 1. The van der Waals surface area contributed by atoms with Crippen LogP contribution in [0.3, 0.4) is 0 Å². The maximum atomic E-state index is 12.2. The molecule has 1 amide bonds. The molecule has 0 spiro atoms. The zero-order chi connectivity index (χ0) is 14.0. The van der Waals surface area contributed by atoms with Crippen LogP contribution in [0.15, 0.2) is 18.2 Å². The van der Waals surface area contributed by atoms with Crippen molar-refractivity contribution in [1.82, 2.24) is 5.32 Å². The smallest absolute Gasteiger partial charge is 0.253 e. The Morgan fingerprint density at radius 2 is 2.11 bits per heavy atom. The fraction of sp³-hybridized carbons (Fsp3) is 0.533. The molecular weight excluding hydrogens is 260 g/mol. The van der Waals surface area contributed by atoms with E-state index >= 15 is 0 Å². The lowest BCUT2D eigenvalue weighted by molar-refractivity contribution is 0.0900. The Labute approximate surface area is 119 Å². The molecular formula is C15H21ClN2O. The molecule has 0 heterocycles. The van der Waals surface area contributed by atoms with Crippen molar-refractivity contribution in [2.24, 2.45) is 11.8 Å². The molecule has 3 unspecified atom stereocenters. The van der Waals surface area contributed by atoms with E-state index in [9.17, 15) is 4.79 Å². The number of carbonyl (C=O) groups excluding carboxylic acids is 1. The molecule has 1 aromatic rings. The summed E-state index contributed by atoms with van der Waals surface area (Å²) in [4.78, 5) is 12.2. The van der Waals surface area contributed by atoms with Gasteiger partial charge in [0, 0.05) is 11.7 Å². The third kappa shape index (κ3) is 3.41. The quantitative estimate of drug-likeness (QED) is 0.815. The number of rotatable bonds is 2. The van der Waals surface area contributed by atoms with Crippen molar-refractivity contribution in [3.05, 3.63) is 28.8 Å². The lowest BCUT2D eigenvalue weighted by Gasteiger charge is -2.33. The first-order valence-corrected chi connectivity index (χ1v) is 7.21. The maximum absolute atomic E-state index is 12.2. The molecule has 0 saturated heterocycles. The number of carbonyl (C=O) groups is 1. The van der Waals surface area contributed by atoms with Gasteiger partial charge in [0.25, 0.3) is 5.91 Å². The van der Waals surface area contributed by atoms with Crippen LogP contribution in [0, 0.1) is 11.8 Å². The predicted octanol–water partition coefficient (Wildman–Crippen LogP) is 3.48. The van der Waals surface area contributed by atoms with Crippen molar-refractivity contribution in [3.63, 3.8) is 0 Å². The summed E-state index contributed by atoms with van der Waals surface area (Å²) in [7, 11) is 0. The van der Waals surface area contributed by atoms with Gasteiger partial charge in [-0.15, -0.1) is 0 Å². The lowest BCUT2D eigenvalue weighted by atomic mass is 9.80. The highest BCUT2D eigenvalue weighted by atomic mass is 35.5. The first kappa shape index (κ1) is 14.2. The van der Waals surface area contributed by atoms with Crippen LogP contribution in [0.2, 0.25) is 5.02 Å². The third-order valence-electron chi connectivity index (χ3n) is 3.99. The molecule has 0 bridgehead atoms. The van der Waals surface area contributed by atoms with Gasteiger partial charge in [0.15, 0.2) is 0 Å². The van der Waals surface area contributed by atoms with E-state index in [2.05, 4.69) is 19.2 Å². The Morgan fingerprint density at radius 1 is 1.37 bits per heavy atom. The van der Waals surface area contributed by atoms with Crippen LogP contribution in [-0.2, 0) is 0 Å². The van der Waals surface area contributed by atoms with Crippen molar-refractivity contribution in [1.29, 1.82) is 0 Å². The molecule has 0 aliphatic heterocycles. The number of hydrogen-bond acceptors (Lipinski definition) is 2. The van der Waals surface area contributed by atoms with E-state index in [0.29, 0.717) is 22.2 Å². The molecule has 4 heteroatoms. The molecule has 3 nitrogen and oxygen atoms in total. The van der Waals surface area contributed by atoms with Gasteiger partial charge in [0.2, 0.25) is 0 Å². The van der Waals surface area contributed by atoms with Crippen molar-refractivity contribution < 1.29 is 4.79 Å². The molecule has 104 valence electrons. The van der Waals surface area contributed by atoms with Crippen molar-refractivity contribution >= 4 is 23.2 Å². The molecule has 1 aromatic carbocycles. The van der Waals surface area contributed by atoms with Crippen LogP contribution in [0.5, 0.6) is 0 Å². The van der Waals surface area contributed by atoms with Crippen LogP contribution in [0.25, 0.3) is 0 Å². The fourth-order valence-corrected chi connectivity index (χ4v) is 3.12. The molecule has 2 rings (SSSR count). The zero-order valence-electron chi connectivity index (χ0n) is 11.4. The highest BCUT2D eigenvalue weighted by Gasteiger charge is 2.27. The number of nitrogen functional groups attached to an aromatic ring is 1. The Hall–Kier alpha value is -1.22. The van der Waals surface area contributed by atoms with Gasteiger partial charge in [0.1, 0.15) is 0 Å². The molecule has 3 N–H and O–H groups in total. The van der Waals surface area contributed by atoms with Gasteiger partial charge < -0.3 is 11.1 Å². The minimum Gasteiger partial charge on any atom is -0.399 e. The number of nitrogens with two attached hydrogens (primary N) is 1. The lowest BCUT2D eigenvalue weighted by Crippen LogP contribution is -2.42. The minimum absolute atomic E-state index is 0.101. The average molecular weight is 281 g/mol. The van der Waals surface area contributed by atoms with E-state index < -0.39 is 0 Å². The summed E-state index contributed by atoms with van der Waals surface area (Å²) in [6, 6.07) is 5.25. The average Bonchev–Trinajstić information content (AvgIpc) is 2.32. The largest absolute Gasteiger partial charge is 0.399 e. The summed E-state index contributed by atoms with van der Waals surface area (Å²) in [5, 5.41) is 3.51. The summed E-state index contributed by atoms with van der Waals surface area (Å²) < 4.78 is 0. The Balaban J connectivity index is 2.04. The Kier molecular flexibility index (Phi) is 4.35. The van der Waals surface area contributed by atoms with Crippen LogP contribution in [0.1, 0.15) is 43.5 Å². The molecule has 3 atom stereocenters. The second kappa shape index (κ2) is 5.83. The number of anilines is 1. The van der Waals surface area contributed by atoms with Crippen molar-refractivity contribution in [2.45, 2.75) is 39.2 Å². The summed E-state index contributed by atoms with van der Waals surface area (Å²) in [5.41, 5.74) is 6.71. The molecule has 19 heavy (non-hydrogen) atoms. The number of nitrogens with one attached hydrogen (secondary N) is 1. The summed E-state index contributed by atoms with van der Waals surface area (Å²) in [6.45, 7) is 4.47. The molecule has 1 fully saturated rings. The monoisotopic (exact) mass is 280 g/mol. The maximum Gasteiger partial charge on any atom is 0.253 e. The van der Waals surface area contributed by atoms with E-state index in [1.165, 1.54) is 12.8 Å². The number of hydrogen-bond donors (Lipinski definition) is 2. The zero-order valence-corrected chi connectivity index (χ0v) is 12.2. The molecule has 1 aliphatic carbocycles. The number of halogens is 1. The van der Waals surface area contributed by atoms with E-state index in [4.69, 9.17) is 17.3 Å². The van der Waals surface area contributed by atoms with Gasteiger partial charge in [-0.2, -0.15) is 0 Å². The third-order valence-corrected chi connectivity index (χ3v) is 4.30. The van der Waals surface area contributed by atoms with Gasteiger partial charge in [-0.1, -0.05) is 25.4 Å².